The summed E-state index contributed by atoms with van der Waals surface area (Å²) in [5.74, 6) is 0. The summed E-state index contributed by atoms with van der Waals surface area (Å²) < 4.78 is 38.4. The monoisotopic (exact) mass is 380 g/mol. The number of rotatable bonds is 4. The molecule has 21 heavy (non-hydrogen) atoms. The predicted octanol–water partition coefficient (Wildman–Crippen LogP) is 5.05. The molecule has 0 amide bonds. The Balaban J connectivity index is 2.13. The summed E-state index contributed by atoms with van der Waals surface area (Å²) in [5, 5.41) is 13.4. The molecule has 0 spiro atoms. The second-order valence-electron chi connectivity index (χ2n) is 4.04. The molecule has 0 bridgehead atoms. The van der Waals surface area contributed by atoms with Crippen LogP contribution in [0.4, 0.5) is 23.9 Å². The molecule has 0 aliphatic carbocycles. The van der Waals surface area contributed by atoms with Gasteiger partial charge in [0.25, 0.3) is 0 Å². The van der Waals surface area contributed by atoms with Gasteiger partial charge < -0.3 is 5.32 Å². The summed E-state index contributed by atoms with van der Waals surface area (Å²) in [6, 6.07) is 6.21. The third kappa shape index (κ3) is 3.94. The third-order valence-electron chi connectivity index (χ3n) is 2.57. The van der Waals surface area contributed by atoms with Crippen LogP contribution < -0.4 is 5.32 Å². The molecule has 0 fully saturated rings. The normalized spacial score (nSPS) is 11.4. The molecule has 112 valence electrons. The van der Waals surface area contributed by atoms with Gasteiger partial charge >= 0.3 is 11.2 Å². The van der Waals surface area contributed by atoms with Crippen LogP contribution in [-0.2, 0) is 12.7 Å². The molecule has 2 rings (SSSR count). The van der Waals surface area contributed by atoms with Crippen molar-refractivity contribution in [3.63, 3.8) is 0 Å². The molecular formula is C12H8BrF3N2O2S. The molecule has 4 nitrogen and oxygen atoms in total. The second kappa shape index (κ2) is 6.02. The van der Waals surface area contributed by atoms with Gasteiger partial charge in [0, 0.05) is 27.6 Å². The summed E-state index contributed by atoms with van der Waals surface area (Å²) in [4.78, 5) is 10.7. The topological polar surface area (TPSA) is 55.2 Å². The highest BCUT2D eigenvalue weighted by Gasteiger charge is 2.30. The van der Waals surface area contributed by atoms with E-state index in [0.717, 1.165) is 23.5 Å². The van der Waals surface area contributed by atoms with Gasteiger partial charge in [-0.2, -0.15) is 13.2 Å². The highest BCUT2D eigenvalue weighted by molar-refractivity contribution is 9.10. The molecule has 0 unspecified atom stereocenters. The van der Waals surface area contributed by atoms with E-state index in [-0.39, 0.29) is 17.2 Å². The van der Waals surface area contributed by atoms with Gasteiger partial charge in [0.05, 0.1) is 10.5 Å². The van der Waals surface area contributed by atoms with Crippen LogP contribution in [0.3, 0.4) is 0 Å². The molecule has 0 atom stereocenters. The first-order valence-electron chi connectivity index (χ1n) is 5.61. The molecule has 1 aromatic carbocycles. The number of nitro groups is 1. The van der Waals surface area contributed by atoms with E-state index < -0.39 is 16.7 Å². The Morgan fingerprint density at radius 2 is 2.00 bits per heavy atom. The molecule has 1 N–H and O–H groups in total. The second-order valence-corrected chi connectivity index (χ2v) is 6.04. The Labute approximate surface area is 129 Å². The fourth-order valence-corrected chi connectivity index (χ4v) is 2.73. The lowest BCUT2D eigenvalue weighted by molar-refractivity contribution is -0.380. The van der Waals surface area contributed by atoms with E-state index >= 15 is 0 Å². The van der Waals surface area contributed by atoms with Crippen molar-refractivity contribution in [1.29, 1.82) is 0 Å². The number of alkyl halides is 3. The minimum atomic E-state index is -4.42. The molecule has 0 saturated carbocycles. The maximum atomic E-state index is 12.6. The molecular weight excluding hydrogens is 373 g/mol. The van der Waals surface area contributed by atoms with Crippen molar-refractivity contribution in [3.05, 3.63) is 55.4 Å². The van der Waals surface area contributed by atoms with Gasteiger partial charge in [-0.1, -0.05) is 11.3 Å². The lowest BCUT2D eigenvalue weighted by Gasteiger charge is -2.12. The predicted molar refractivity (Wildman–Crippen MR) is 77.4 cm³/mol. The Hall–Kier alpha value is -1.61. The Morgan fingerprint density at radius 3 is 2.57 bits per heavy atom. The smallest absolute Gasteiger partial charge is 0.379 e. The molecule has 0 radical (unpaired) electrons. The van der Waals surface area contributed by atoms with Crippen LogP contribution in [0.1, 0.15) is 10.4 Å². The van der Waals surface area contributed by atoms with Crippen LogP contribution in [0.25, 0.3) is 0 Å². The van der Waals surface area contributed by atoms with Gasteiger partial charge in [0.2, 0.25) is 0 Å². The van der Waals surface area contributed by atoms with E-state index in [0.29, 0.717) is 9.35 Å². The average molecular weight is 381 g/mol. The van der Waals surface area contributed by atoms with Crippen LogP contribution in [0.15, 0.2) is 34.8 Å². The van der Waals surface area contributed by atoms with Crippen LogP contribution >= 0.6 is 27.3 Å². The molecule has 1 heterocycles. The number of nitrogens with one attached hydrogen (secondary N) is 1. The summed E-state index contributed by atoms with van der Waals surface area (Å²) in [5.41, 5.74) is -0.480. The van der Waals surface area contributed by atoms with E-state index in [1.54, 1.807) is 6.07 Å². The maximum absolute atomic E-state index is 12.6. The largest absolute Gasteiger partial charge is 0.416 e. The Kier molecular flexibility index (Phi) is 4.52. The van der Waals surface area contributed by atoms with Crippen molar-refractivity contribution in [2.75, 3.05) is 5.32 Å². The molecule has 9 heteroatoms. The van der Waals surface area contributed by atoms with E-state index in [2.05, 4.69) is 21.2 Å². The van der Waals surface area contributed by atoms with Gasteiger partial charge in [-0.15, -0.1) is 0 Å². The minimum absolute atomic E-state index is 0.00471. The zero-order chi connectivity index (χ0) is 15.6. The number of nitrogens with zero attached hydrogens (tertiary/aromatic N) is 1. The van der Waals surface area contributed by atoms with Gasteiger partial charge in [0.1, 0.15) is 0 Å². The number of anilines is 1. The fraction of sp³-hybridized carbons (Fsp3) is 0.167. The first kappa shape index (κ1) is 15.8. The van der Waals surface area contributed by atoms with E-state index in [9.17, 15) is 23.3 Å². The van der Waals surface area contributed by atoms with Gasteiger partial charge in [0.15, 0.2) is 0 Å². The lowest BCUT2D eigenvalue weighted by Crippen LogP contribution is -2.06. The Morgan fingerprint density at radius 1 is 1.29 bits per heavy atom. The van der Waals surface area contributed by atoms with Gasteiger partial charge in [-0.25, -0.2) is 0 Å². The molecule has 0 aliphatic rings. The van der Waals surface area contributed by atoms with Crippen molar-refractivity contribution < 1.29 is 18.1 Å². The van der Waals surface area contributed by atoms with Gasteiger partial charge in [-0.3, -0.25) is 10.1 Å². The summed E-state index contributed by atoms with van der Waals surface area (Å²) in [6.07, 6.45) is -4.42. The third-order valence-corrected chi connectivity index (χ3v) is 4.30. The highest BCUT2D eigenvalue weighted by atomic mass is 79.9. The summed E-state index contributed by atoms with van der Waals surface area (Å²) in [6.45, 7) is 0.207. The maximum Gasteiger partial charge on any atom is 0.416 e. The number of thiophene rings is 1. The molecule has 2 aromatic rings. The van der Waals surface area contributed by atoms with Crippen molar-refractivity contribution in [1.82, 2.24) is 0 Å². The quantitative estimate of drug-likeness (QED) is 0.596. The van der Waals surface area contributed by atoms with Crippen LogP contribution in [-0.4, -0.2) is 4.92 Å². The summed E-state index contributed by atoms with van der Waals surface area (Å²) >= 11 is 4.14. The SMILES string of the molecule is O=[N+]([O-])c1ccc(CNc2cc(C(F)(F)F)ccc2Br)s1. The number of halogens is 4. The Bertz CT molecular complexity index is 673. The highest BCUT2D eigenvalue weighted by Crippen LogP contribution is 2.34. The van der Waals surface area contributed by atoms with Crippen molar-refractivity contribution >= 4 is 38.0 Å². The molecule has 1 aromatic heterocycles. The molecule has 0 saturated heterocycles. The van der Waals surface area contributed by atoms with Crippen LogP contribution in [0.5, 0.6) is 0 Å². The first-order chi connectivity index (χ1) is 9.77. The van der Waals surface area contributed by atoms with Gasteiger partial charge in [-0.05, 0) is 40.2 Å². The average Bonchev–Trinajstić information content (AvgIpc) is 2.85. The van der Waals surface area contributed by atoms with Crippen LogP contribution in [0, 0.1) is 10.1 Å². The first-order valence-corrected chi connectivity index (χ1v) is 7.22. The molecule has 0 aliphatic heterocycles. The van der Waals surface area contributed by atoms with Crippen LogP contribution in [0.2, 0.25) is 0 Å². The zero-order valence-electron chi connectivity index (χ0n) is 10.3. The van der Waals surface area contributed by atoms with E-state index in [1.807, 2.05) is 0 Å². The van der Waals surface area contributed by atoms with Crippen molar-refractivity contribution in [2.45, 2.75) is 12.7 Å². The number of hydrogen-bond acceptors (Lipinski definition) is 4. The number of hydrogen-bond donors (Lipinski definition) is 1. The minimum Gasteiger partial charge on any atom is -0.379 e. The van der Waals surface area contributed by atoms with Crippen molar-refractivity contribution in [3.8, 4) is 0 Å². The standard InChI is InChI=1S/C12H8BrF3N2O2S/c13-9-3-1-7(12(14,15)16)5-10(9)17-6-8-2-4-11(21-8)18(19)20/h1-5,17H,6H2. The lowest BCUT2D eigenvalue weighted by atomic mass is 10.2. The van der Waals surface area contributed by atoms with E-state index in [1.165, 1.54) is 12.1 Å². The summed E-state index contributed by atoms with van der Waals surface area (Å²) in [7, 11) is 0. The fourth-order valence-electron chi connectivity index (χ4n) is 1.58. The van der Waals surface area contributed by atoms with Crippen molar-refractivity contribution in [2.24, 2.45) is 0 Å². The zero-order valence-corrected chi connectivity index (χ0v) is 12.7. The van der Waals surface area contributed by atoms with E-state index in [4.69, 9.17) is 0 Å². The number of benzene rings is 1.